The summed E-state index contributed by atoms with van der Waals surface area (Å²) in [5, 5.41) is 2.38. The van der Waals surface area contributed by atoms with Gasteiger partial charge in [-0.3, -0.25) is 0 Å². The van der Waals surface area contributed by atoms with E-state index in [2.05, 4.69) is 187 Å². The molecule has 0 N–H and O–H groups in total. The number of hydrogen-bond donors (Lipinski definition) is 0. The second-order valence-electron chi connectivity index (χ2n) is 12.2. The summed E-state index contributed by atoms with van der Waals surface area (Å²) in [6.45, 7) is 0. The maximum absolute atomic E-state index is 6.64. The molecule has 0 bridgehead atoms. The van der Waals surface area contributed by atoms with Crippen LogP contribution in [0.4, 0.5) is 17.1 Å². The predicted molar refractivity (Wildman–Crippen MR) is 200 cm³/mol. The van der Waals surface area contributed by atoms with Gasteiger partial charge in [0.2, 0.25) is 0 Å². The van der Waals surface area contributed by atoms with Crippen LogP contribution in [0.25, 0.3) is 55.3 Å². The van der Waals surface area contributed by atoms with Gasteiger partial charge in [0.25, 0.3) is 0 Å². The molecule has 1 aliphatic rings. The van der Waals surface area contributed by atoms with Crippen LogP contribution in [-0.2, 0) is 0 Å². The minimum Gasteiger partial charge on any atom is -0.456 e. The molecule has 0 amide bonds. The molecular weight excluding hydrogens is 583 g/mol. The Hall–Kier alpha value is -6.38. The van der Waals surface area contributed by atoms with Crippen molar-refractivity contribution in [2.24, 2.45) is 0 Å². The van der Waals surface area contributed by atoms with Gasteiger partial charge in [0, 0.05) is 28.2 Å². The van der Waals surface area contributed by atoms with Gasteiger partial charge in [-0.1, -0.05) is 133 Å². The lowest BCUT2D eigenvalue weighted by molar-refractivity contribution is 0.488. The molecule has 8 aromatic carbocycles. The van der Waals surface area contributed by atoms with Crippen LogP contribution in [0.3, 0.4) is 0 Å². The highest BCUT2D eigenvalue weighted by Gasteiger charge is 2.24. The molecule has 1 heterocycles. The summed E-state index contributed by atoms with van der Waals surface area (Å²) in [4.78, 5) is 2.34. The zero-order valence-corrected chi connectivity index (χ0v) is 26.3. The smallest absolute Gasteiger partial charge is 0.135 e. The summed E-state index contributed by atoms with van der Waals surface area (Å²) < 4.78 is 6.64. The van der Waals surface area contributed by atoms with E-state index in [9.17, 15) is 0 Å². The molecule has 9 rings (SSSR count). The first-order chi connectivity index (χ1) is 23.8. The molecule has 226 valence electrons. The summed E-state index contributed by atoms with van der Waals surface area (Å²) in [6, 6.07) is 66.8. The van der Waals surface area contributed by atoms with Gasteiger partial charge < -0.3 is 9.64 Å². The van der Waals surface area contributed by atoms with Crippen LogP contribution >= 0.6 is 0 Å². The third kappa shape index (κ3) is 4.92. The Bertz CT molecular complexity index is 2410. The van der Waals surface area contributed by atoms with Crippen molar-refractivity contribution in [2.45, 2.75) is 0 Å². The Labute approximate surface area is 280 Å². The predicted octanol–water partition coefficient (Wildman–Crippen LogP) is 13.1. The van der Waals surface area contributed by atoms with Gasteiger partial charge >= 0.3 is 0 Å². The molecule has 1 aliphatic heterocycles. The average molecular weight is 614 g/mol. The van der Waals surface area contributed by atoms with Crippen molar-refractivity contribution in [3.8, 4) is 56.0 Å². The van der Waals surface area contributed by atoms with Crippen molar-refractivity contribution in [3.05, 3.63) is 188 Å². The molecule has 0 saturated heterocycles. The third-order valence-corrected chi connectivity index (χ3v) is 9.26. The summed E-state index contributed by atoms with van der Waals surface area (Å²) in [5.41, 5.74) is 12.6. The normalized spacial score (nSPS) is 11.5. The van der Waals surface area contributed by atoms with Crippen molar-refractivity contribution in [1.29, 1.82) is 0 Å². The van der Waals surface area contributed by atoms with E-state index in [-0.39, 0.29) is 0 Å². The van der Waals surface area contributed by atoms with Crippen molar-refractivity contribution >= 4 is 27.8 Å². The number of benzene rings is 8. The molecule has 2 nitrogen and oxygen atoms in total. The Morgan fingerprint density at radius 1 is 0.333 bits per heavy atom. The zero-order valence-electron chi connectivity index (χ0n) is 26.3. The van der Waals surface area contributed by atoms with E-state index in [0.717, 1.165) is 50.8 Å². The second-order valence-corrected chi connectivity index (χ2v) is 12.2. The lowest BCUT2D eigenvalue weighted by atomic mass is 9.90. The number of anilines is 3. The second kappa shape index (κ2) is 11.8. The first-order valence-electron chi connectivity index (χ1n) is 16.3. The molecule has 0 saturated carbocycles. The molecule has 2 heteroatoms. The Morgan fingerprint density at radius 2 is 0.958 bits per heavy atom. The summed E-state index contributed by atoms with van der Waals surface area (Å²) in [5.74, 6) is 1.73. The van der Waals surface area contributed by atoms with E-state index in [1.165, 1.54) is 33.0 Å². The largest absolute Gasteiger partial charge is 0.456 e. The Kier molecular flexibility index (Phi) is 6.84. The molecule has 0 atom stereocenters. The van der Waals surface area contributed by atoms with Gasteiger partial charge in [-0.25, -0.2) is 0 Å². The molecule has 0 unspecified atom stereocenters. The minimum absolute atomic E-state index is 0.860. The van der Waals surface area contributed by atoms with Gasteiger partial charge in [0.15, 0.2) is 0 Å². The van der Waals surface area contributed by atoms with Gasteiger partial charge in [-0.15, -0.1) is 0 Å². The minimum atomic E-state index is 0.860. The summed E-state index contributed by atoms with van der Waals surface area (Å²) >= 11 is 0. The van der Waals surface area contributed by atoms with Gasteiger partial charge in [-0.05, 0) is 98.8 Å². The number of fused-ring (bicyclic) bond motifs is 7. The lowest BCUT2D eigenvalue weighted by Gasteiger charge is -2.27. The van der Waals surface area contributed by atoms with Crippen LogP contribution in [0.1, 0.15) is 0 Å². The number of hydrogen-bond acceptors (Lipinski definition) is 2. The summed E-state index contributed by atoms with van der Waals surface area (Å²) in [6.07, 6.45) is 0. The van der Waals surface area contributed by atoms with E-state index < -0.39 is 0 Å². The molecule has 48 heavy (non-hydrogen) atoms. The van der Waals surface area contributed by atoms with Crippen molar-refractivity contribution in [2.75, 3.05) is 4.90 Å². The first-order valence-corrected chi connectivity index (χ1v) is 16.3. The lowest BCUT2D eigenvalue weighted by Crippen LogP contribution is -2.10. The Morgan fingerprint density at radius 3 is 1.77 bits per heavy atom. The zero-order chi connectivity index (χ0) is 31.9. The van der Waals surface area contributed by atoms with E-state index in [1.54, 1.807) is 0 Å². The average Bonchev–Trinajstić information content (AvgIpc) is 3.30. The highest BCUT2D eigenvalue weighted by Crippen LogP contribution is 2.51. The number of ether oxygens (including phenoxy) is 1. The van der Waals surface area contributed by atoms with Crippen LogP contribution in [0.15, 0.2) is 188 Å². The topological polar surface area (TPSA) is 12.5 Å². The van der Waals surface area contributed by atoms with Crippen LogP contribution < -0.4 is 9.64 Å². The van der Waals surface area contributed by atoms with Crippen LogP contribution in [-0.4, -0.2) is 0 Å². The quantitative estimate of drug-likeness (QED) is 0.191. The Balaban J connectivity index is 1.18. The molecular formula is C46H31NO. The standard InChI is InChI=1S/C46H31NO/c1-3-12-32(13-4-1)35-15-11-16-36(30-35)33-22-25-38(26-23-33)47(37-17-5-2-6-18-37)39-27-28-42-43(31-39)41-20-9-10-21-44(41)48-45-29-24-34-14-7-8-19-40(34)46(42)45/h1-31H. The third-order valence-electron chi connectivity index (χ3n) is 9.26. The molecule has 0 fully saturated rings. The molecule has 8 aromatic rings. The van der Waals surface area contributed by atoms with E-state index in [1.807, 2.05) is 6.07 Å². The van der Waals surface area contributed by atoms with Crippen LogP contribution in [0.2, 0.25) is 0 Å². The fraction of sp³-hybridized carbons (Fsp3) is 0. The van der Waals surface area contributed by atoms with E-state index in [4.69, 9.17) is 4.74 Å². The number of nitrogens with zero attached hydrogens (tertiary/aromatic N) is 1. The van der Waals surface area contributed by atoms with Crippen molar-refractivity contribution in [3.63, 3.8) is 0 Å². The maximum atomic E-state index is 6.64. The van der Waals surface area contributed by atoms with Gasteiger partial charge in [0.1, 0.15) is 11.5 Å². The van der Waals surface area contributed by atoms with E-state index in [0.29, 0.717) is 0 Å². The number of para-hydroxylation sites is 2. The fourth-order valence-corrected chi connectivity index (χ4v) is 6.96. The first kappa shape index (κ1) is 27.9. The highest BCUT2D eigenvalue weighted by atomic mass is 16.5. The fourth-order valence-electron chi connectivity index (χ4n) is 6.96. The van der Waals surface area contributed by atoms with Crippen LogP contribution in [0.5, 0.6) is 11.5 Å². The maximum Gasteiger partial charge on any atom is 0.135 e. The monoisotopic (exact) mass is 613 g/mol. The molecule has 0 radical (unpaired) electrons. The molecule has 0 aliphatic carbocycles. The van der Waals surface area contributed by atoms with E-state index >= 15 is 0 Å². The van der Waals surface area contributed by atoms with Crippen molar-refractivity contribution in [1.82, 2.24) is 0 Å². The molecule has 0 spiro atoms. The SMILES string of the molecule is c1ccc(-c2cccc(-c3ccc(N(c4ccccc4)c4ccc5c(c4)-c4ccccc4Oc4ccc6ccccc6c4-5)cc3)c2)cc1. The summed E-state index contributed by atoms with van der Waals surface area (Å²) in [7, 11) is 0. The van der Waals surface area contributed by atoms with Crippen molar-refractivity contribution < 1.29 is 4.74 Å². The van der Waals surface area contributed by atoms with Gasteiger partial charge in [0.05, 0.1) is 0 Å². The van der Waals surface area contributed by atoms with Gasteiger partial charge in [-0.2, -0.15) is 0 Å². The highest BCUT2D eigenvalue weighted by molar-refractivity contribution is 6.05. The molecule has 0 aromatic heterocycles. The van der Waals surface area contributed by atoms with Crippen LogP contribution in [0, 0.1) is 0 Å². The number of rotatable bonds is 5.